The van der Waals surface area contributed by atoms with Crippen molar-refractivity contribution in [3.63, 3.8) is 0 Å². The SMILES string of the molecule is Cc1cnccc1NC(=O)c1cc(F)cc([N+](=O)[O-])c1F. The van der Waals surface area contributed by atoms with Crippen LogP contribution in [0.5, 0.6) is 0 Å². The van der Waals surface area contributed by atoms with Gasteiger partial charge in [0.15, 0.2) is 0 Å². The highest BCUT2D eigenvalue weighted by Crippen LogP contribution is 2.23. The summed E-state index contributed by atoms with van der Waals surface area (Å²) in [4.78, 5) is 25.3. The number of nitrogens with one attached hydrogen (secondary N) is 1. The molecule has 0 fully saturated rings. The molecule has 0 radical (unpaired) electrons. The van der Waals surface area contributed by atoms with E-state index < -0.39 is 33.7 Å². The van der Waals surface area contributed by atoms with Crippen molar-refractivity contribution in [2.45, 2.75) is 6.92 Å². The number of hydrogen-bond donors (Lipinski definition) is 1. The largest absolute Gasteiger partial charge is 0.322 e. The highest BCUT2D eigenvalue weighted by atomic mass is 19.1. The molecule has 0 aliphatic heterocycles. The first-order valence-corrected chi connectivity index (χ1v) is 5.75. The van der Waals surface area contributed by atoms with Crippen LogP contribution in [0.25, 0.3) is 0 Å². The van der Waals surface area contributed by atoms with Crippen LogP contribution in [0.3, 0.4) is 0 Å². The van der Waals surface area contributed by atoms with Gasteiger partial charge in [0.05, 0.1) is 16.6 Å². The number of nitro groups is 1. The number of pyridine rings is 1. The summed E-state index contributed by atoms with van der Waals surface area (Å²) in [7, 11) is 0. The number of aromatic nitrogens is 1. The summed E-state index contributed by atoms with van der Waals surface area (Å²) in [5.74, 6) is -3.44. The molecule has 1 amide bonds. The second kappa shape index (κ2) is 5.61. The van der Waals surface area contributed by atoms with Crippen LogP contribution >= 0.6 is 0 Å². The number of amides is 1. The predicted molar refractivity (Wildman–Crippen MR) is 69.9 cm³/mol. The summed E-state index contributed by atoms with van der Waals surface area (Å²) >= 11 is 0. The van der Waals surface area contributed by atoms with Gasteiger partial charge < -0.3 is 5.32 Å². The van der Waals surface area contributed by atoms with Crippen molar-refractivity contribution in [3.05, 3.63) is 63.5 Å². The Balaban J connectivity index is 2.40. The maximum absolute atomic E-state index is 13.9. The molecule has 108 valence electrons. The molecule has 1 heterocycles. The second-order valence-corrected chi connectivity index (χ2v) is 4.19. The van der Waals surface area contributed by atoms with Crippen molar-refractivity contribution in [3.8, 4) is 0 Å². The van der Waals surface area contributed by atoms with Crippen molar-refractivity contribution in [1.29, 1.82) is 0 Å². The molecule has 0 spiro atoms. The van der Waals surface area contributed by atoms with Crippen LogP contribution in [-0.2, 0) is 0 Å². The van der Waals surface area contributed by atoms with Crippen LogP contribution in [0.1, 0.15) is 15.9 Å². The Labute approximate surface area is 117 Å². The molecule has 0 unspecified atom stereocenters. The summed E-state index contributed by atoms with van der Waals surface area (Å²) in [6.45, 7) is 1.66. The average molecular weight is 293 g/mol. The standard InChI is InChI=1S/C13H9F2N3O3/c1-7-6-16-3-2-10(7)17-13(19)9-4-8(14)5-11(12(9)15)18(20)21/h2-6H,1H3,(H,16,17,19). The van der Waals surface area contributed by atoms with Crippen LogP contribution in [0, 0.1) is 28.7 Å². The van der Waals surface area contributed by atoms with Gasteiger partial charge in [0.25, 0.3) is 5.91 Å². The van der Waals surface area contributed by atoms with Gasteiger partial charge in [0.2, 0.25) is 5.82 Å². The number of nitrogens with zero attached hydrogens (tertiary/aromatic N) is 2. The van der Waals surface area contributed by atoms with Crippen LogP contribution in [0.15, 0.2) is 30.6 Å². The molecule has 1 N–H and O–H groups in total. The van der Waals surface area contributed by atoms with Crippen LogP contribution < -0.4 is 5.32 Å². The highest BCUT2D eigenvalue weighted by Gasteiger charge is 2.24. The van der Waals surface area contributed by atoms with Gasteiger partial charge in [-0.05, 0) is 24.6 Å². The molecule has 1 aromatic heterocycles. The molecule has 2 aromatic rings. The lowest BCUT2D eigenvalue weighted by molar-refractivity contribution is -0.387. The van der Waals surface area contributed by atoms with Gasteiger partial charge in [-0.1, -0.05) is 0 Å². The van der Waals surface area contributed by atoms with Gasteiger partial charge in [-0.25, -0.2) is 4.39 Å². The molecule has 21 heavy (non-hydrogen) atoms. The van der Waals surface area contributed by atoms with Crippen molar-refractivity contribution < 1.29 is 18.5 Å². The number of halogens is 2. The maximum atomic E-state index is 13.9. The average Bonchev–Trinajstić information content (AvgIpc) is 2.43. The second-order valence-electron chi connectivity index (χ2n) is 4.19. The molecule has 2 rings (SSSR count). The van der Waals surface area contributed by atoms with Crippen molar-refractivity contribution >= 4 is 17.3 Å². The van der Waals surface area contributed by atoms with E-state index in [0.29, 0.717) is 23.4 Å². The van der Waals surface area contributed by atoms with E-state index in [-0.39, 0.29) is 0 Å². The lowest BCUT2D eigenvalue weighted by Crippen LogP contribution is -2.16. The molecule has 0 saturated heterocycles. The van der Waals surface area contributed by atoms with E-state index in [4.69, 9.17) is 0 Å². The smallest absolute Gasteiger partial charge is 0.308 e. The summed E-state index contributed by atoms with van der Waals surface area (Å²) < 4.78 is 27.2. The van der Waals surface area contributed by atoms with Crippen molar-refractivity contribution in [1.82, 2.24) is 4.98 Å². The minimum Gasteiger partial charge on any atom is -0.322 e. The van der Waals surface area contributed by atoms with Gasteiger partial charge in [0, 0.05) is 18.1 Å². The van der Waals surface area contributed by atoms with E-state index in [9.17, 15) is 23.7 Å². The maximum Gasteiger partial charge on any atom is 0.308 e. The number of carbonyl (C=O) groups excluding carboxylic acids is 1. The monoisotopic (exact) mass is 293 g/mol. The van der Waals surface area contributed by atoms with Crippen LogP contribution in [0.2, 0.25) is 0 Å². The fourth-order valence-corrected chi connectivity index (χ4v) is 1.68. The molecule has 0 bridgehead atoms. The molecular weight excluding hydrogens is 284 g/mol. The summed E-state index contributed by atoms with van der Waals surface area (Å²) in [6.07, 6.45) is 2.88. The van der Waals surface area contributed by atoms with E-state index in [1.807, 2.05) is 0 Å². The highest BCUT2D eigenvalue weighted by molar-refractivity contribution is 6.05. The number of hydrogen-bond acceptors (Lipinski definition) is 4. The van der Waals surface area contributed by atoms with Crippen molar-refractivity contribution in [2.24, 2.45) is 0 Å². The third-order valence-electron chi connectivity index (χ3n) is 2.73. The number of aryl methyl sites for hydroxylation is 1. The van der Waals surface area contributed by atoms with Crippen LogP contribution in [-0.4, -0.2) is 15.8 Å². The summed E-state index contributed by atoms with van der Waals surface area (Å²) in [5.41, 5.74) is -0.872. The fraction of sp³-hybridized carbons (Fsp3) is 0.0769. The van der Waals surface area contributed by atoms with E-state index >= 15 is 0 Å². The molecule has 0 saturated carbocycles. The van der Waals surface area contributed by atoms with Gasteiger partial charge in [-0.3, -0.25) is 19.9 Å². The van der Waals surface area contributed by atoms with E-state index in [0.717, 1.165) is 0 Å². The van der Waals surface area contributed by atoms with E-state index in [2.05, 4.69) is 10.3 Å². The Kier molecular flexibility index (Phi) is 3.88. The molecule has 0 atom stereocenters. The molecular formula is C13H9F2N3O3. The van der Waals surface area contributed by atoms with Crippen molar-refractivity contribution in [2.75, 3.05) is 5.32 Å². The van der Waals surface area contributed by atoms with Gasteiger partial charge in [0.1, 0.15) is 5.82 Å². The Morgan fingerprint density at radius 1 is 1.38 bits per heavy atom. The third-order valence-corrected chi connectivity index (χ3v) is 2.73. The van der Waals surface area contributed by atoms with Gasteiger partial charge in [-0.2, -0.15) is 4.39 Å². The lowest BCUT2D eigenvalue weighted by Gasteiger charge is -2.08. The number of benzene rings is 1. The van der Waals surface area contributed by atoms with Crippen LogP contribution in [0.4, 0.5) is 20.2 Å². The molecule has 0 aliphatic rings. The topological polar surface area (TPSA) is 85.1 Å². The Morgan fingerprint density at radius 2 is 2.10 bits per heavy atom. The Hall–Kier alpha value is -2.90. The first-order valence-electron chi connectivity index (χ1n) is 5.75. The zero-order chi connectivity index (χ0) is 15.6. The van der Waals surface area contributed by atoms with Gasteiger partial charge in [-0.15, -0.1) is 0 Å². The predicted octanol–water partition coefficient (Wildman–Crippen LogP) is 2.83. The zero-order valence-corrected chi connectivity index (χ0v) is 10.8. The van der Waals surface area contributed by atoms with E-state index in [1.165, 1.54) is 18.5 Å². The lowest BCUT2D eigenvalue weighted by atomic mass is 10.1. The normalized spacial score (nSPS) is 10.2. The Morgan fingerprint density at radius 3 is 2.71 bits per heavy atom. The number of carbonyl (C=O) groups is 1. The first-order chi connectivity index (χ1) is 9.90. The molecule has 0 aliphatic carbocycles. The fourth-order valence-electron chi connectivity index (χ4n) is 1.68. The quantitative estimate of drug-likeness (QED) is 0.696. The zero-order valence-electron chi connectivity index (χ0n) is 10.8. The Bertz CT molecular complexity index is 735. The van der Waals surface area contributed by atoms with Gasteiger partial charge >= 0.3 is 5.69 Å². The molecule has 6 nitrogen and oxygen atoms in total. The number of anilines is 1. The third kappa shape index (κ3) is 2.99. The first kappa shape index (κ1) is 14.5. The number of rotatable bonds is 3. The minimum atomic E-state index is -1.38. The molecule has 8 heteroatoms. The minimum absolute atomic E-state index is 0.348. The number of nitro benzene ring substituents is 1. The molecule has 1 aromatic carbocycles. The van der Waals surface area contributed by atoms with E-state index in [1.54, 1.807) is 6.92 Å². The summed E-state index contributed by atoms with van der Waals surface area (Å²) in [5, 5.41) is 13.0. The summed E-state index contributed by atoms with van der Waals surface area (Å²) in [6, 6.07) is 2.50.